The van der Waals surface area contributed by atoms with Crippen LogP contribution in [0.15, 0.2) is 17.5 Å². The van der Waals surface area contributed by atoms with Gasteiger partial charge in [0.05, 0.1) is 10.6 Å². The normalized spacial score (nSPS) is 9.67. The van der Waals surface area contributed by atoms with E-state index in [-0.39, 0.29) is 10.9 Å². The Labute approximate surface area is 95.1 Å². The van der Waals surface area contributed by atoms with E-state index in [4.69, 9.17) is 0 Å². The van der Waals surface area contributed by atoms with Gasteiger partial charge in [0.2, 0.25) is 16.9 Å². The number of rotatable bonds is 3. The Morgan fingerprint density at radius 3 is 2.73 bits per heavy atom. The van der Waals surface area contributed by atoms with E-state index in [1.165, 1.54) is 18.3 Å². The third-order valence-electron chi connectivity index (χ3n) is 1.37. The van der Waals surface area contributed by atoms with Gasteiger partial charge in [-0.25, -0.2) is 0 Å². The Bertz CT molecular complexity index is 373. The van der Waals surface area contributed by atoms with Crippen LogP contribution in [0, 0.1) is 0 Å². The van der Waals surface area contributed by atoms with E-state index < -0.39 is 11.8 Å². The Hall–Kier alpha value is -1.14. The molecular weight excluding hydrogens is 234 g/mol. The van der Waals surface area contributed by atoms with E-state index in [2.05, 4.69) is 5.32 Å². The third kappa shape index (κ3) is 4.26. The minimum Gasteiger partial charge on any atom is -0.296 e. The molecule has 0 saturated carbocycles. The summed E-state index contributed by atoms with van der Waals surface area (Å²) in [5.41, 5.74) is 0. The quantitative estimate of drug-likeness (QED) is 0.868. The van der Waals surface area contributed by atoms with Crippen molar-refractivity contribution in [2.24, 2.45) is 0 Å². The van der Waals surface area contributed by atoms with Crippen molar-refractivity contribution in [2.45, 2.75) is 6.92 Å². The van der Waals surface area contributed by atoms with Gasteiger partial charge < -0.3 is 0 Å². The average molecular weight is 243 g/mol. The summed E-state index contributed by atoms with van der Waals surface area (Å²) in [7, 11) is 0. The van der Waals surface area contributed by atoms with Crippen LogP contribution in [-0.2, 0) is 9.59 Å². The van der Waals surface area contributed by atoms with Crippen molar-refractivity contribution < 1.29 is 14.4 Å². The molecule has 0 saturated heterocycles. The van der Waals surface area contributed by atoms with Crippen LogP contribution in [-0.4, -0.2) is 22.7 Å². The molecule has 0 spiro atoms. The molecule has 0 atom stereocenters. The summed E-state index contributed by atoms with van der Waals surface area (Å²) < 4.78 is 0. The van der Waals surface area contributed by atoms with Crippen LogP contribution < -0.4 is 5.32 Å². The number of hydrogen-bond acceptors (Lipinski definition) is 5. The minimum atomic E-state index is -0.447. The number of hydrogen-bond donors (Lipinski definition) is 1. The van der Waals surface area contributed by atoms with E-state index >= 15 is 0 Å². The van der Waals surface area contributed by atoms with E-state index in [0.29, 0.717) is 4.88 Å². The zero-order valence-electron chi connectivity index (χ0n) is 7.98. The lowest BCUT2D eigenvalue weighted by Gasteiger charge is -1.98. The van der Waals surface area contributed by atoms with Gasteiger partial charge >= 0.3 is 0 Å². The molecule has 1 aromatic rings. The second kappa shape index (κ2) is 5.67. The second-order valence-corrected chi connectivity index (χ2v) is 4.55. The van der Waals surface area contributed by atoms with E-state index in [9.17, 15) is 14.4 Å². The van der Waals surface area contributed by atoms with Gasteiger partial charge in [-0.2, -0.15) is 0 Å². The Morgan fingerprint density at radius 1 is 1.47 bits per heavy atom. The first-order chi connectivity index (χ1) is 7.09. The average Bonchev–Trinajstić information content (AvgIpc) is 2.65. The molecule has 1 aromatic heterocycles. The van der Waals surface area contributed by atoms with E-state index in [1.807, 2.05) is 0 Å². The molecule has 1 heterocycles. The molecule has 0 aliphatic carbocycles. The predicted molar refractivity (Wildman–Crippen MR) is 59.9 cm³/mol. The highest BCUT2D eigenvalue weighted by molar-refractivity contribution is 8.14. The number of thiophene rings is 1. The van der Waals surface area contributed by atoms with Gasteiger partial charge in [0, 0.05) is 6.92 Å². The third-order valence-corrected chi connectivity index (χ3v) is 3.26. The molecule has 0 radical (unpaired) electrons. The number of amides is 2. The van der Waals surface area contributed by atoms with Crippen LogP contribution in [0.4, 0.5) is 0 Å². The Kier molecular flexibility index (Phi) is 4.51. The lowest BCUT2D eigenvalue weighted by Crippen LogP contribution is -2.29. The fourth-order valence-electron chi connectivity index (χ4n) is 0.829. The van der Waals surface area contributed by atoms with Gasteiger partial charge in [0.15, 0.2) is 0 Å². The summed E-state index contributed by atoms with van der Waals surface area (Å²) in [6, 6.07) is 3.47. The topological polar surface area (TPSA) is 63.2 Å². The summed E-state index contributed by atoms with van der Waals surface area (Å²) in [5.74, 6) is -0.891. The molecule has 1 N–H and O–H groups in total. The van der Waals surface area contributed by atoms with E-state index in [1.54, 1.807) is 17.5 Å². The summed E-state index contributed by atoms with van der Waals surface area (Å²) in [4.78, 5) is 33.5. The maximum atomic E-state index is 11.4. The first-order valence-electron chi connectivity index (χ1n) is 4.10. The van der Waals surface area contributed by atoms with E-state index in [0.717, 1.165) is 11.8 Å². The van der Waals surface area contributed by atoms with Crippen LogP contribution in [0.3, 0.4) is 0 Å². The number of nitrogens with one attached hydrogen (secondary N) is 1. The molecule has 0 aliphatic heterocycles. The van der Waals surface area contributed by atoms with Gasteiger partial charge in [0.25, 0.3) is 0 Å². The number of thioether (sulfide) groups is 1. The second-order valence-electron chi connectivity index (χ2n) is 2.66. The molecule has 0 aromatic carbocycles. The standard InChI is InChI=1S/C9H9NO3S2/c1-6(11)10-8(12)5-15-9(13)7-3-2-4-14-7/h2-4H,5H2,1H3,(H,10,11,12). The first-order valence-corrected chi connectivity index (χ1v) is 5.97. The molecular formula is C9H9NO3S2. The SMILES string of the molecule is CC(=O)NC(=O)CSC(=O)c1cccs1. The summed E-state index contributed by atoms with van der Waals surface area (Å²) >= 11 is 2.22. The molecule has 0 unspecified atom stereocenters. The number of carbonyl (C=O) groups excluding carboxylic acids is 3. The summed E-state index contributed by atoms with van der Waals surface area (Å²) in [6.45, 7) is 1.25. The molecule has 4 nitrogen and oxygen atoms in total. The van der Waals surface area contributed by atoms with Crippen LogP contribution in [0.25, 0.3) is 0 Å². The fraction of sp³-hybridized carbons (Fsp3) is 0.222. The summed E-state index contributed by atoms with van der Waals surface area (Å²) in [6.07, 6.45) is 0. The lowest BCUT2D eigenvalue weighted by atomic mass is 10.5. The maximum Gasteiger partial charge on any atom is 0.237 e. The highest BCUT2D eigenvalue weighted by atomic mass is 32.2. The van der Waals surface area contributed by atoms with Crippen LogP contribution >= 0.6 is 23.1 Å². The van der Waals surface area contributed by atoms with Crippen molar-refractivity contribution in [1.29, 1.82) is 0 Å². The molecule has 1 rings (SSSR count). The lowest BCUT2D eigenvalue weighted by molar-refractivity contribution is -0.127. The molecule has 0 bridgehead atoms. The van der Waals surface area contributed by atoms with Gasteiger partial charge in [-0.3, -0.25) is 19.7 Å². The van der Waals surface area contributed by atoms with Crippen LogP contribution in [0.5, 0.6) is 0 Å². The Morgan fingerprint density at radius 2 is 2.20 bits per heavy atom. The maximum absolute atomic E-state index is 11.4. The fourth-order valence-corrected chi connectivity index (χ4v) is 2.25. The van der Waals surface area contributed by atoms with Crippen molar-refractivity contribution in [3.05, 3.63) is 22.4 Å². The molecule has 15 heavy (non-hydrogen) atoms. The largest absolute Gasteiger partial charge is 0.296 e. The van der Waals surface area contributed by atoms with Gasteiger partial charge in [-0.1, -0.05) is 17.8 Å². The van der Waals surface area contributed by atoms with Crippen LogP contribution in [0.2, 0.25) is 0 Å². The van der Waals surface area contributed by atoms with Gasteiger partial charge in [-0.05, 0) is 11.4 Å². The Balaban J connectivity index is 2.35. The number of imide groups is 1. The number of carbonyl (C=O) groups is 3. The molecule has 0 fully saturated rings. The predicted octanol–water partition coefficient (Wildman–Crippen LogP) is 1.28. The molecule has 80 valence electrons. The smallest absolute Gasteiger partial charge is 0.237 e. The van der Waals surface area contributed by atoms with Gasteiger partial charge in [-0.15, -0.1) is 11.3 Å². The van der Waals surface area contributed by atoms with Crippen LogP contribution in [0.1, 0.15) is 16.6 Å². The summed E-state index contributed by atoms with van der Waals surface area (Å²) in [5, 5.41) is 3.74. The highest BCUT2D eigenvalue weighted by Gasteiger charge is 2.11. The van der Waals surface area contributed by atoms with Crippen molar-refractivity contribution in [3.8, 4) is 0 Å². The highest BCUT2D eigenvalue weighted by Crippen LogP contribution is 2.16. The zero-order chi connectivity index (χ0) is 11.3. The first kappa shape index (κ1) is 11.9. The van der Waals surface area contributed by atoms with Crippen molar-refractivity contribution in [2.75, 3.05) is 5.75 Å². The van der Waals surface area contributed by atoms with Crippen molar-refractivity contribution in [3.63, 3.8) is 0 Å². The monoisotopic (exact) mass is 243 g/mol. The molecule has 2 amide bonds. The molecule has 6 heteroatoms. The van der Waals surface area contributed by atoms with Gasteiger partial charge in [0.1, 0.15) is 0 Å². The minimum absolute atomic E-state index is 0.0314. The zero-order valence-corrected chi connectivity index (χ0v) is 9.61. The molecule has 0 aliphatic rings. The van der Waals surface area contributed by atoms with Crippen molar-refractivity contribution >= 4 is 40.0 Å². The van der Waals surface area contributed by atoms with Crippen molar-refractivity contribution in [1.82, 2.24) is 5.32 Å².